The summed E-state index contributed by atoms with van der Waals surface area (Å²) in [5, 5.41) is 10.8. The van der Waals surface area contributed by atoms with Gasteiger partial charge in [-0.2, -0.15) is 5.26 Å². The van der Waals surface area contributed by atoms with Crippen molar-refractivity contribution < 1.29 is 18.3 Å². The van der Waals surface area contributed by atoms with Crippen LogP contribution in [0.2, 0.25) is 0 Å². The third-order valence-electron chi connectivity index (χ3n) is 12.7. The number of nitrogens with zero attached hydrogens (tertiary/aromatic N) is 4. The zero-order chi connectivity index (χ0) is 43.6. The van der Waals surface area contributed by atoms with E-state index in [1.165, 1.54) is 36.8 Å². The first kappa shape index (κ1) is 47.8. The molecule has 5 unspecified atom stereocenters. The van der Waals surface area contributed by atoms with Crippen LogP contribution in [0.1, 0.15) is 149 Å². The van der Waals surface area contributed by atoms with Gasteiger partial charge >= 0.3 is 0 Å². The van der Waals surface area contributed by atoms with Crippen LogP contribution in [0.5, 0.6) is 0 Å². The monoisotopic (exact) mass is 829 g/mol. The molecular formula is C50H70F2N4O2S. The molecule has 2 aliphatic heterocycles. The Hall–Kier alpha value is -3.87. The van der Waals surface area contributed by atoms with E-state index in [-0.39, 0.29) is 17.2 Å². The molecular weight excluding hydrogens is 759 g/mol. The van der Waals surface area contributed by atoms with E-state index in [1.54, 1.807) is 12.1 Å². The highest BCUT2D eigenvalue weighted by Crippen LogP contribution is 2.45. The molecule has 2 saturated heterocycles. The van der Waals surface area contributed by atoms with Gasteiger partial charge in [-0.1, -0.05) is 80.9 Å². The molecule has 0 amide bonds. The fraction of sp³-hybridized carbons (Fsp3) is 0.580. The molecule has 3 aliphatic rings. The molecule has 5 atom stereocenters. The van der Waals surface area contributed by atoms with E-state index in [0.717, 1.165) is 80.7 Å². The summed E-state index contributed by atoms with van der Waals surface area (Å²) in [6.07, 6.45) is 15.3. The van der Waals surface area contributed by atoms with Crippen molar-refractivity contribution in [3.63, 3.8) is 0 Å². The lowest BCUT2D eigenvalue weighted by molar-refractivity contribution is -0.112. The largest absolute Gasteiger partial charge is 0.476 e. The minimum atomic E-state index is -0.421. The van der Waals surface area contributed by atoms with Crippen LogP contribution in [0.4, 0.5) is 8.78 Å². The number of carbonyl (C=O) groups is 1. The summed E-state index contributed by atoms with van der Waals surface area (Å²) < 4.78 is 39.4. The number of rotatable bonds is 17. The van der Waals surface area contributed by atoms with Crippen LogP contribution in [0, 0.1) is 34.9 Å². The number of hydrogen-bond acceptors (Lipinski definition) is 7. The van der Waals surface area contributed by atoms with E-state index < -0.39 is 11.6 Å². The SMILES string of the molecule is C=CC(C)=O.CC/C=C(/N=C1/C=C(c2ccc(F)c3sc(C(C)C)c(C#N)c23)C(F)=C/C1=C(/C)N(CC)C(CCC(C)CC)C(C)CC)OCC12CCCN1CC(C)C2. The maximum absolute atomic E-state index is 16.9. The number of thiophene rings is 1. The summed E-state index contributed by atoms with van der Waals surface area (Å²) in [4.78, 5) is 20.8. The minimum absolute atomic E-state index is 0.0185. The van der Waals surface area contributed by atoms with Crippen LogP contribution in [-0.2, 0) is 9.53 Å². The van der Waals surface area contributed by atoms with Gasteiger partial charge < -0.3 is 9.64 Å². The molecule has 59 heavy (non-hydrogen) atoms. The maximum Gasteiger partial charge on any atom is 0.209 e. The Morgan fingerprint density at radius 3 is 2.44 bits per heavy atom. The number of fused-ring (bicyclic) bond motifs is 2. The molecule has 322 valence electrons. The lowest BCUT2D eigenvalue weighted by atomic mass is 9.87. The Morgan fingerprint density at radius 1 is 1.14 bits per heavy atom. The highest BCUT2D eigenvalue weighted by molar-refractivity contribution is 7.19. The molecule has 2 aromatic rings. The first-order chi connectivity index (χ1) is 28.1. The van der Waals surface area contributed by atoms with Crippen molar-refractivity contribution in [2.24, 2.45) is 22.7 Å². The molecule has 1 aromatic heterocycles. The van der Waals surface area contributed by atoms with E-state index >= 15 is 8.78 Å². The molecule has 0 radical (unpaired) electrons. The van der Waals surface area contributed by atoms with Crippen LogP contribution in [0.3, 0.4) is 0 Å². The predicted octanol–water partition coefficient (Wildman–Crippen LogP) is 13.5. The van der Waals surface area contributed by atoms with Gasteiger partial charge in [0.1, 0.15) is 24.3 Å². The third kappa shape index (κ3) is 11.1. The van der Waals surface area contributed by atoms with Gasteiger partial charge in [-0.05, 0) is 125 Å². The number of ether oxygens (including phenoxy) is 1. The Bertz CT molecular complexity index is 2020. The Morgan fingerprint density at radius 2 is 1.85 bits per heavy atom. The van der Waals surface area contributed by atoms with E-state index in [0.29, 0.717) is 68.8 Å². The molecule has 0 saturated carbocycles. The van der Waals surface area contributed by atoms with Gasteiger partial charge in [0.15, 0.2) is 5.78 Å². The van der Waals surface area contributed by atoms with Crippen LogP contribution >= 0.6 is 11.3 Å². The summed E-state index contributed by atoms with van der Waals surface area (Å²) in [6.45, 7) is 30.1. The van der Waals surface area contributed by atoms with Crippen LogP contribution < -0.4 is 0 Å². The van der Waals surface area contributed by atoms with Crippen molar-refractivity contribution in [2.75, 3.05) is 26.2 Å². The molecule has 1 aromatic carbocycles. The van der Waals surface area contributed by atoms with E-state index in [4.69, 9.17) is 9.73 Å². The highest BCUT2D eigenvalue weighted by Gasteiger charge is 2.47. The van der Waals surface area contributed by atoms with Crippen molar-refractivity contribution in [1.82, 2.24) is 9.80 Å². The lowest BCUT2D eigenvalue weighted by Gasteiger charge is -2.39. The summed E-state index contributed by atoms with van der Waals surface area (Å²) >= 11 is 1.29. The van der Waals surface area contributed by atoms with Crippen molar-refractivity contribution >= 4 is 38.5 Å². The van der Waals surface area contributed by atoms with Gasteiger partial charge in [0.25, 0.3) is 0 Å². The van der Waals surface area contributed by atoms with Gasteiger partial charge in [0.2, 0.25) is 5.88 Å². The number of allylic oxidation sites excluding steroid dienone is 8. The molecule has 0 bridgehead atoms. The van der Waals surface area contributed by atoms with Crippen LogP contribution in [-0.4, -0.2) is 59.1 Å². The second kappa shape index (κ2) is 21.6. The quantitative estimate of drug-likeness (QED) is 0.117. The fourth-order valence-corrected chi connectivity index (χ4v) is 10.3. The normalized spacial score (nSPS) is 22.6. The Kier molecular flexibility index (Phi) is 17.5. The lowest BCUT2D eigenvalue weighted by Crippen LogP contribution is -2.42. The molecule has 2 fully saturated rings. The van der Waals surface area contributed by atoms with Crippen LogP contribution in [0.15, 0.2) is 71.0 Å². The molecule has 0 N–H and O–H groups in total. The van der Waals surface area contributed by atoms with Crippen molar-refractivity contribution in [1.29, 1.82) is 5.26 Å². The standard InChI is InChI=1S/C46H64F2N4OS.C4H6O/c1-11-16-42(53-28-46-21-15-22-51(46)27-31(8)25-46)50-40-24-36(34-18-19-38(47)45-43(34)37(26-49)44(54-45)29(5)6)39(48)23-35(40)33(10)52(14-4)41(32(9)13-3)20-17-30(7)12-2;1-3-4(2)5/h16,18-19,23-24,29-32,41H,11-15,17,20-22,25,27-28H2,1-10H3;3H,1H2,2H3/b35-33+,42-16-,50-40-;. The average Bonchev–Trinajstić information content (AvgIpc) is 3.89. The Balaban J connectivity index is 0.00000145. The van der Waals surface area contributed by atoms with Gasteiger partial charge in [0.05, 0.1) is 21.5 Å². The Labute approximate surface area is 358 Å². The van der Waals surface area contributed by atoms with Crippen molar-refractivity contribution in [3.8, 4) is 6.07 Å². The molecule has 3 heterocycles. The third-order valence-corrected chi connectivity index (χ3v) is 14.2. The van der Waals surface area contributed by atoms with Gasteiger partial charge in [-0.25, -0.2) is 13.8 Å². The molecule has 6 nitrogen and oxygen atoms in total. The predicted molar refractivity (Wildman–Crippen MR) is 245 cm³/mol. The summed E-state index contributed by atoms with van der Waals surface area (Å²) in [5.74, 6) is 1.47. The van der Waals surface area contributed by atoms with Gasteiger partial charge in [-0.3, -0.25) is 9.69 Å². The number of carbonyl (C=O) groups excluding carboxylic acids is 1. The first-order valence-electron chi connectivity index (χ1n) is 22.1. The summed E-state index contributed by atoms with van der Waals surface area (Å²) in [6, 6.07) is 5.65. The fourth-order valence-electron chi connectivity index (χ4n) is 9.10. The molecule has 1 aliphatic carbocycles. The maximum atomic E-state index is 16.9. The number of halogens is 2. The molecule has 5 rings (SSSR count). The summed E-state index contributed by atoms with van der Waals surface area (Å²) in [5.41, 5.74) is 3.57. The first-order valence-corrected chi connectivity index (χ1v) is 22.9. The van der Waals surface area contributed by atoms with Gasteiger partial charge in [0, 0.05) is 46.2 Å². The summed E-state index contributed by atoms with van der Waals surface area (Å²) in [7, 11) is 0. The number of nitriles is 1. The minimum Gasteiger partial charge on any atom is -0.476 e. The zero-order valence-electron chi connectivity index (χ0n) is 37.8. The molecule has 0 spiro atoms. The smallest absolute Gasteiger partial charge is 0.209 e. The van der Waals surface area contributed by atoms with E-state index in [9.17, 15) is 10.1 Å². The van der Waals surface area contributed by atoms with Crippen LogP contribution in [0.25, 0.3) is 15.7 Å². The van der Waals surface area contributed by atoms with E-state index in [2.05, 4.69) is 77.8 Å². The van der Waals surface area contributed by atoms with Crippen molar-refractivity contribution in [3.05, 3.63) is 87.8 Å². The van der Waals surface area contributed by atoms with Crippen molar-refractivity contribution in [2.45, 2.75) is 145 Å². The van der Waals surface area contributed by atoms with Gasteiger partial charge in [-0.15, -0.1) is 11.3 Å². The number of ketones is 1. The molecule has 9 heteroatoms. The second-order valence-corrected chi connectivity index (χ2v) is 18.5. The number of benzene rings is 1. The number of hydrogen-bond donors (Lipinski definition) is 0. The average molecular weight is 829 g/mol. The zero-order valence-corrected chi connectivity index (χ0v) is 38.6. The number of aliphatic imine (C=N–C) groups is 1. The second-order valence-electron chi connectivity index (χ2n) is 17.4. The highest BCUT2D eigenvalue weighted by atomic mass is 32.1. The topological polar surface area (TPSA) is 68.9 Å². The van der Waals surface area contributed by atoms with E-state index in [1.807, 2.05) is 26.0 Å².